The molecule has 0 saturated carbocycles. The van der Waals surface area contributed by atoms with Gasteiger partial charge in [0.1, 0.15) is 0 Å². The van der Waals surface area contributed by atoms with E-state index in [1.165, 1.54) is 5.69 Å². The first-order chi connectivity index (χ1) is 8.22. The Kier molecular flexibility index (Phi) is 5.79. The molecule has 0 amide bonds. The van der Waals surface area contributed by atoms with Gasteiger partial charge in [-0.15, -0.1) is 12.3 Å². The summed E-state index contributed by atoms with van der Waals surface area (Å²) in [5.41, 5.74) is 2.33. The minimum atomic E-state index is 0.326. The summed E-state index contributed by atoms with van der Waals surface area (Å²) in [4.78, 5) is 0. The van der Waals surface area contributed by atoms with Crippen molar-refractivity contribution in [3.8, 4) is 12.3 Å². The van der Waals surface area contributed by atoms with Crippen LogP contribution in [0.4, 0.5) is 0 Å². The van der Waals surface area contributed by atoms with Gasteiger partial charge in [-0.1, -0.05) is 6.92 Å². The molecule has 1 atom stereocenters. The maximum Gasteiger partial charge on any atom is 0.0597 e. The average Bonchev–Trinajstić information content (AvgIpc) is 2.70. The molecule has 1 heterocycles. The first-order valence-electron chi connectivity index (χ1n) is 6.44. The number of hydrogen-bond donors (Lipinski definition) is 1. The van der Waals surface area contributed by atoms with E-state index in [-0.39, 0.29) is 0 Å². The Morgan fingerprint density at radius 1 is 1.53 bits per heavy atom. The van der Waals surface area contributed by atoms with E-state index >= 15 is 0 Å². The molecule has 0 bridgehead atoms. The largest absolute Gasteiger partial charge is 0.309 e. The average molecular weight is 233 g/mol. The van der Waals surface area contributed by atoms with E-state index in [2.05, 4.69) is 40.9 Å². The van der Waals surface area contributed by atoms with Crippen LogP contribution in [0.2, 0.25) is 0 Å². The van der Waals surface area contributed by atoms with E-state index in [4.69, 9.17) is 6.42 Å². The third kappa shape index (κ3) is 3.90. The highest BCUT2D eigenvalue weighted by molar-refractivity contribution is 5.14. The molecule has 0 aliphatic rings. The topological polar surface area (TPSA) is 29.9 Å². The number of terminal acetylenes is 1. The predicted molar refractivity (Wildman–Crippen MR) is 71.7 cm³/mol. The molecule has 3 nitrogen and oxygen atoms in total. The van der Waals surface area contributed by atoms with Crippen LogP contribution in [0.15, 0.2) is 6.07 Å². The molecule has 0 aliphatic heterocycles. The number of aryl methyl sites for hydroxylation is 2. The third-order valence-corrected chi connectivity index (χ3v) is 2.81. The lowest BCUT2D eigenvalue weighted by molar-refractivity contribution is 0.461. The lowest BCUT2D eigenvalue weighted by Gasteiger charge is -2.18. The van der Waals surface area contributed by atoms with Gasteiger partial charge in [0.2, 0.25) is 0 Å². The zero-order valence-corrected chi connectivity index (χ0v) is 11.2. The summed E-state index contributed by atoms with van der Waals surface area (Å²) in [5.74, 6) is 2.72. The normalized spacial score (nSPS) is 12.4. The summed E-state index contributed by atoms with van der Waals surface area (Å²) >= 11 is 0. The number of rotatable bonds is 7. The Bertz CT molecular complexity index is 373. The van der Waals surface area contributed by atoms with Gasteiger partial charge < -0.3 is 5.32 Å². The van der Waals surface area contributed by atoms with E-state index in [1.54, 1.807) is 0 Å². The van der Waals surface area contributed by atoms with Crippen molar-refractivity contribution >= 4 is 0 Å². The first kappa shape index (κ1) is 13.8. The van der Waals surface area contributed by atoms with Crippen LogP contribution >= 0.6 is 0 Å². The number of nitrogens with one attached hydrogen (secondary N) is 1. The summed E-state index contributed by atoms with van der Waals surface area (Å²) in [6.45, 7) is 8.25. The standard InChI is InChI=1S/C14H23N3/c1-5-8-9-13(15-10-6-2)14-11-12(4)16-17(14)7-3/h1,11,13,15H,6-10H2,2-4H3. The first-order valence-corrected chi connectivity index (χ1v) is 6.44. The second-order valence-electron chi connectivity index (χ2n) is 4.28. The highest BCUT2D eigenvalue weighted by Gasteiger charge is 2.15. The monoisotopic (exact) mass is 233 g/mol. The van der Waals surface area contributed by atoms with E-state index < -0.39 is 0 Å². The maximum absolute atomic E-state index is 5.36. The molecule has 94 valence electrons. The molecule has 0 spiro atoms. The molecule has 0 saturated heterocycles. The summed E-state index contributed by atoms with van der Waals surface area (Å²) in [7, 11) is 0. The van der Waals surface area contributed by atoms with Gasteiger partial charge in [-0.25, -0.2) is 0 Å². The smallest absolute Gasteiger partial charge is 0.0597 e. The van der Waals surface area contributed by atoms with Crippen LogP contribution in [0.1, 0.15) is 50.5 Å². The zero-order valence-electron chi connectivity index (χ0n) is 11.2. The van der Waals surface area contributed by atoms with E-state index in [9.17, 15) is 0 Å². The van der Waals surface area contributed by atoms with Crippen molar-refractivity contribution in [1.29, 1.82) is 0 Å². The summed E-state index contributed by atoms with van der Waals surface area (Å²) in [6.07, 6.45) is 8.26. The number of nitrogens with zero attached hydrogens (tertiary/aromatic N) is 2. The van der Waals surface area contributed by atoms with Crippen molar-refractivity contribution in [3.63, 3.8) is 0 Å². The van der Waals surface area contributed by atoms with Gasteiger partial charge in [-0.2, -0.15) is 5.10 Å². The summed E-state index contributed by atoms with van der Waals surface area (Å²) in [5, 5.41) is 8.04. The molecule has 1 aromatic heterocycles. The molecule has 1 aromatic rings. The Labute approximate surface area is 105 Å². The second-order valence-corrected chi connectivity index (χ2v) is 4.28. The highest BCUT2D eigenvalue weighted by atomic mass is 15.3. The van der Waals surface area contributed by atoms with Gasteiger partial charge in [0, 0.05) is 13.0 Å². The predicted octanol–water partition coefficient (Wildman–Crippen LogP) is 2.67. The third-order valence-electron chi connectivity index (χ3n) is 2.81. The highest BCUT2D eigenvalue weighted by Crippen LogP contribution is 2.19. The fraction of sp³-hybridized carbons (Fsp3) is 0.643. The summed E-state index contributed by atoms with van der Waals surface area (Å²) < 4.78 is 2.07. The Morgan fingerprint density at radius 2 is 2.29 bits per heavy atom. The van der Waals surface area contributed by atoms with Crippen LogP contribution in [0, 0.1) is 19.3 Å². The Hall–Kier alpha value is -1.27. The van der Waals surface area contributed by atoms with Crippen molar-refractivity contribution in [2.45, 2.75) is 52.6 Å². The number of hydrogen-bond acceptors (Lipinski definition) is 2. The van der Waals surface area contributed by atoms with Gasteiger partial charge >= 0.3 is 0 Å². The molecule has 1 rings (SSSR count). The van der Waals surface area contributed by atoms with E-state index in [1.807, 2.05) is 6.92 Å². The molecule has 0 fully saturated rings. The van der Waals surface area contributed by atoms with Gasteiger partial charge in [-0.05, 0) is 39.3 Å². The molecule has 3 heteroatoms. The van der Waals surface area contributed by atoms with Crippen molar-refractivity contribution in [2.24, 2.45) is 0 Å². The minimum Gasteiger partial charge on any atom is -0.309 e. The van der Waals surface area contributed by atoms with Crippen molar-refractivity contribution in [2.75, 3.05) is 6.54 Å². The Morgan fingerprint density at radius 3 is 2.88 bits per heavy atom. The lowest BCUT2D eigenvalue weighted by atomic mass is 10.1. The van der Waals surface area contributed by atoms with Gasteiger partial charge in [0.15, 0.2) is 0 Å². The van der Waals surface area contributed by atoms with Crippen LogP contribution in [-0.4, -0.2) is 16.3 Å². The molecule has 1 N–H and O–H groups in total. The fourth-order valence-corrected chi connectivity index (χ4v) is 2.00. The van der Waals surface area contributed by atoms with Crippen LogP contribution in [0.5, 0.6) is 0 Å². The zero-order chi connectivity index (χ0) is 12.7. The van der Waals surface area contributed by atoms with Crippen LogP contribution < -0.4 is 5.32 Å². The molecule has 1 unspecified atom stereocenters. The van der Waals surface area contributed by atoms with Crippen molar-refractivity contribution in [1.82, 2.24) is 15.1 Å². The second kappa shape index (κ2) is 7.13. The van der Waals surface area contributed by atoms with E-state index in [0.717, 1.165) is 38.0 Å². The van der Waals surface area contributed by atoms with Crippen LogP contribution in [0.3, 0.4) is 0 Å². The van der Waals surface area contributed by atoms with Crippen LogP contribution in [-0.2, 0) is 6.54 Å². The van der Waals surface area contributed by atoms with Crippen LogP contribution in [0.25, 0.3) is 0 Å². The van der Waals surface area contributed by atoms with Gasteiger partial charge in [0.05, 0.1) is 17.4 Å². The molecular weight excluding hydrogens is 210 g/mol. The quantitative estimate of drug-likeness (QED) is 0.734. The maximum atomic E-state index is 5.36. The van der Waals surface area contributed by atoms with Gasteiger partial charge in [-0.3, -0.25) is 4.68 Å². The molecule has 17 heavy (non-hydrogen) atoms. The lowest BCUT2D eigenvalue weighted by Crippen LogP contribution is -2.24. The SMILES string of the molecule is C#CCCC(NCCC)c1cc(C)nn1CC. The number of aromatic nitrogens is 2. The Balaban J connectivity index is 2.82. The fourth-order valence-electron chi connectivity index (χ4n) is 2.00. The molecular formula is C14H23N3. The van der Waals surface area contributed by atoms with Crippen molar-refractivity contribution in [3.05, 3.63) is 17.5 Å². The van der Waals surface area contributed by atoms with Gasteiger partial charge in [0.25, 0.3) is 0 Å². The summed E-state index contributed by atoms with van der Waals surface area (Å²) in [6, 6.07) is 2.49. The minimum absolute atomic E-state index is 0.326. The van der Waals surface area contributed by atoms with E-state index in [0.29, 0.717) is 6.04 Å². The molecule has 0 radical (unpaired) electrons. The molecule has 0 aromatic carbocycles. The molecule has 0 aliphatic carbocycles. The van der Waals surface area contributed by atoms with Crippen molar-refractivity contribution < 1.29 is 0 Å².